The number of aliphatic hydroxyl groups excluding tert-OH is 1. The molecule has 1 aromatic heterocycles. The van der Waals surface area contributed by atoms with Gasteiger partial charge in [0.25, 0.3) is 0 Å². The van der Waals surface area contributed by atoms with Gasteiger partial charge in [0.1, 0.15) is 0 Å². The summed E-state index contributed by atoms with van der Waals surface area (Å²) in [5, 5.41) is 9.40. The molecule has 0 spiro atoms. The molecule has 0 amide bonds. The number of ether oxygens (including phenoxy) is 1. The highest BCUT2D eigenvalue weighted by molar-refractivity contribution is 5.60. The van der Waals surface area contributed by atoms with Gasteiger partial charge in [-0.3, -0.25) is 0 Å². The van der Waals surface area contributed by atoms with Crippen molar-refractivity contribution in [3.05, 3.63) is 48.0 Å². The monoisotopic (exact) mass is 285 g/mol. The first-order valence-electron chi connectivity index (χ1n) is 7.64. The molecule has 0 aliphatic heterocycles. The first-order chi connectivity index (χ1) is 10.3. The number of benzene rings is 1. The maximum Gasteiger partial charge on any atom is 0.219 e. The molecule has 0 saturated carbocycles. The third-order valence-electron chi connectivity index (χ3n) is 3.42. The zero-order valence-corrected chi connectivity index (χ0v) is 12.6. The van der Waals surface area contributed by atoms with Gasteiger partial charge in [0.2, 0.25) is 5.88 Å². The van der Waals surface area contributed by atoms with E-state index >= 15 is 0 Å². The zero-order valence-electron chi connectivity index (χ0n) is 12.6. The maximum atomic E-state index is 9.40. The lowest BCUT2D eigenvalue weighted by Crippen LogP contribution is -2.03. The van der Waals surface area contributed by atoms with Crippen LogP contribution in [0.1, 0.15) is 38.2 Å². The fourth-order valence-corrected chi connectivity index (χ4v) is 2.18. The summed E-state index contributed by atoms with van der Waals surface area (Å²) in [6, 6.07) is 13.8. The smallest absolute Gasteiger partial charge is 0.219 e. The van der Waals surface area contributed by atoms with Crippen LogP contribution in [0.3, 0.4) is 0 Å². The molecule has 1 N–H and O–H groups in total. The van der Waals surface area contributed by atoms with Gasteiger partial charge >= 0.3 is 0 Å². The van der Waals surface area contributed by atoms with Crippen LogP contribution in [0.25, 0.3) is 11.3 Å². The summed E-state index contributed by atoms with van der Waals surface area (Å²) in [4.78, 5) is 4.55. The van der Waals surface area contributed by atoms with Crippen LogP contribution in [0, 0.1) is 0 Å². The summed E-state index contributed by atoms with van der Waals surface area (Å²) in [6.45, 7) is 2.79. The van der Waals surface area contributed by atoms with Gasteiger partial charge in [-0.05, 0) is 18.6 Å². The summed E-state index contributed by atoms with van der Waals surface area (Å²) < 4.78 is 5.77. The molecule has 0 aliphatic carbocycles. The van der Waals surface area contributed by atoms with Gasteiger partial charge in [-0.2, -0.15) is 0 Å². The second kappa shape index (κ2) is 8.42. The van der Waals surface area contributed by atoms with Gasteiger partial charge in [-0.25, -0.2) is 4.98 Å². The first kappa shape index (κ1) is 15.5. The van der Waals surface area contributed by atoms with Gasteiger partial charge in [0.15, 0.2) is 0 Å². The van der Waals surface area contributed by atoms with Crippen molar-refractivity contribution in [3.8, 4) is 17.1 Å². The molecule has 2 aromatic rings. The van der Waals surface area contributed by atoms with Crippen LogP contribution in [-0.4, -0.2) is 16.7 Å². The Balaban J connectivity index is 2.07. The molecule has 3 nitrogen and oxygen atoms in total. The fourth-order valence-electron chi connectivity index (χ4n) is 2.18. The van der Waals surface area contributed by atoms with Gasteiger partial charge < -0.3 is 9.84 Å². The Bertz CT molecular complexity index is 540. The number of unbranched alkanes of at least 4 members (excludes halogenated alkanes) is 3. The van der Waals surface area contributed by atoms with E-state index in [0.717, 1.165) is 23.2 Å². The number of nitrogens with zero attached hydrogens (tertiary/aromatic N) is 1. The highest BCUT2D eigenvalue weighted by Gasteiger charge is 2.08. The molecule has 0 atom stereocenters. The predicted molar refractivity (Wildman–Crippen MR) is 85.2 cm³/mol. The van der Waals surface area contributed by atoms with Crippen LogP contribution in [0.15, 0.2) is 42.5 Å². The van der Waals surface area contributed by atoms with Crippen LogP contribution in [0.2, 0.25) is 0 Å². The Kier molecular flexibility index (Phi) is 6.22. The second-order valence-electron chi connectivity index (χ2n) is 5.09. The topological polar surface area (TPSA) is 42.4 Å². The average Bonchev–Trinajstić information content (AvgIpc) is 2.55. The molecule has 0 saturated heterocycles. The maximum absolute atomic E-state index is 9.40. The van der Waals surface area contributed by atoms with Crippen molar-refractivity contribution in [2.75, 3.05) is 6.61 Å². The van der Waals surface area contributed by atoms with Crippen LogP contribution in [0.4, 0.5) is 0 Å². The first-order valence-corrected chi connectivity index (χ1v) is 7.64. The minimum absolute atomic E-state index is 0.0492. The Morgan fingerprint density at radius 2 is 1.81 bits per heavy atom. The Morgan fingerprint density at radius 3 is 2.52 bits per heavy atom. The Hall–Kier alpha value is -1.87. The average molecular weight is 285 g/mol. The quantitative estimate of drug-likeness (QED) is 0.739. The largest absolute Gasteiger partial charge is 0.477 e. The number of rotatable bonds is 8. The van der Waals surface area contributed by atoms with Gasteiger partial charge in [-0.1, -0.05) is 56.5 Å². The van der Waals surface area contributed by atoms with E-state index in [4.69, 9.17) is 4.74 Å². The van der Waals surface area contributed by atoms with E-state index in [0.29, 0.717) is 12.5 Å². The van der Waals surface area contributed by atoms with Crippen molar-refractivity contribution < 1.29 is 9.84 Å². The zero-order chi connectivity index (χ0) is 14.9. The van der Waals surface area contributed by atoms with Crippen LogP contribution >= 0.6 is 0 Å². The fraction of sp³-hybridized carbons (Fsp3) is 0.389. The summed E-state index contributed by atoms with van der Waals surface area (Å²) in [5.41, 5.74) is 2.67. The van der Waals surface area contributed by atoms with Gasteiger partial charge in [0.05, 0.1) is 18.9 Å². The number of aliphatic hydroxyl groups is 1. The second-order valence-corrected chi connectivity index (χ2v) is 5.09. The molecule has 0 fully saturated rings. The SMILES string of the molecule is CCCCCCOc1nc(-c2ccccc2)ccc1CO. The van der Waals surface area contributed by atoms with E-state index in [2.05, 4.69) is 11.9 Å². The van der Waals surface area contributed by atoms with E-state index in [1.807, 2.05) is 42.5 Å². The normalized spacial score (nSPS) is 10.6. The number of pyridine rings is 1. The molecule has 112 valence electrons. The molecular formula is C18H23NO2. The molecular weight excluding hydrogens is 262 g/mol. The summed E-state index contributed by atoms with van der Waals surface area (Å²) in [7, 11) is 0. The van der Waals surface area contributed by atoms with Crippen molar-refractivity contribution in [1.82, 2.24) is 4.98 Å². The molecule has 0 unspecified atom stereocenters. The molecule has 1 heterocycles. The molecule has 3 heteroatoms. The van der Waals surface area contributed by atoms with Crippen LogP contribution in [0.5, 0.6) is 5.88 Å². The van der Waals surface area contributed by atoms with Crippen molar-refractivity contribution in [1.29, 1.82) is 0 Å². The standard InChI is InChI=1S/C18H23NO2/c1-2-3-4-8-13-21-18-16(14-20)11-12-17(19-18)15-9-6-5-7-10-15/h5-7,9-12,20H,2-4,8,13-14H2,1H3. The van der Waals surface area contributed by atoms with Crippen molar-refractivity contribution in [2.45, 2.75) is 39.2 Å². The van der Waals surface area contributed by atoms with Crippen LogP contribution in [-0.2, 0) is 6.61 Å². The van der Waals surface area contributed by atoms with E-state index in [1.165, 1.54) is 19.3 Å². The molecule has 0 radical (unpaired) electrons. The summed E-state index contributed by atoms with van der Waals surface area (Å²) >= 11 is 0. The van der Waals surface area contributed by atoms with Crippen molar-refractivity contribution in [2.24, 2.45) is 0 Å². The van der Waals surface area contributed by atoms with Crippen molar-refractivity contribution in [3.63, 3.8) is 0 Å². The highest BCUT2D eigenvalue weighted by Crippen LogP contribution is 2.23. The number of aromatic nitrogens is 1. The third-order valence-corrected chi connectivity index (χ3v) is 3.42. The molecule has 21 heavy (non-hydrogen) atoms. The minimum Gasteiger partial charge on any atom is -0.477 e. The predicted octanol–water partition coefficient (Wildman–Crippen LogP) is 4.20. The minimum atomic E-state index is -0.0492. The Morgan fingerprint density at radius 1 is 1.00 bits per heavy atom. The van der Waals surface area contributed by atoms with Gasteiger partial charge in [-0.15, -0.1) is 0 Å². The molecule has 1 aromatic carbocycles. The lowest BCUT2D eigenvalue weighted by molar-refractivity contribution is 0.254. The Labute approximate surface area is 126 Å². The van der Waals surface area contributed by atoms with E-state index in [-0.39, 0.29) is 6.61 Å². The number of hydrogen-bond donors (Lipinski definition) is 1. The van der Waals surface area contributed by atoms with E-state index < -0.39 is 0 Å². The highest BCUT2D eigenvalue weighted by atomic mass is 16.5. The van der Waals surface area contributed by atoms with E-state index in [1.54, 1.807) is 0 Å². The summed E-state index contributed by atoms with van der Waals surface area (Å²) in [6.07, 6.45) is 4.64. The molecule has 2 rings (SSSR count). The van der Waals surface area contributed by atoms with Gasteiger partial charge in [0, 0.05) is 11.1 Å². The lowest BCUT2D eigenvalue weighted by atomic mass is 10.1. The van der Waals surface area contributed by atoms with E-state index in [9.17, 15) is 5.11 Å². The lowest BCUT2D eigenvalue weighted by Gasteiger charge is -2.11. The summed E-state index contributed by atoms with van der Waals surface area (Å²) in [5.74, 6) is 0.551. The number of hydrogen-bond acceptors (Lipinski definition) is 3. The van der Waals surface area contributed by atoms with Crippen LogP contribution < -0.4 is 4.74 Å². The molecule has 0 bridgehead atoms. The van der Waals surface area contributed by atoms with Crippen molar-refractivity contribution >= 4 is 0 Å². The third kappa shape index (κ3) is 4.57. The molecule has 0 aliphatic rings.